The number of hydrogen-bond acceptors (Lipinski definition) is 2. The van der Waals surface area contributed by atoms with Crippen LogP contribution in [0.4, 0.5) is 0 Å². The van der Waals surface area contributed by atoms with Gasteiger partial charge in [0.05, 0.1) is 6.04 Å². The van der Waals surface area contributed by atoms with E-state index in [1.807, 2.05) is 0 Å². The minimum Gasteiger partial charge on any atom is -0.354 e. The van der Waals surface area contributed by atoms with Gasteiger partial charge in [0, 0.05) is 13.1 Å². The Kier molecular flexibility index (Phi) is 5.44. The summed E-state index contributed by atoms with van der Waals surface area (Å²) in [7, 11) is 2.09. The molecule has 0 aromatic carbocycles. The lowest BCUT2D eigenvalue weighted by Gasteiger charge is -2.27. The van der Waals surface area contributed by atoms with Crippen molar-refractivity contribution in [2.45, 2.75) is 46.6 Å². The summed E-state index contributed by atoms with van der Waals surface area (Å²) in [5, 5.41) is 3.11. The smallest absolute Gasteiger partial charge is 0.237 e. The molecule has 0 bridgehead atoms. The van der Waals surface area contributed by atoms with E-state index in [1.165, 1.54) is 6.42 Å². The van der Waals surface area contributed by atoms with E-state index in [0.29, 0.717) is 17.8 Å². The van der Waals surface area contributed by atoms with Crippen molar-refractivity contribution in [2.24, 2.45) is 17.8 Å². The van der Waals surface area contributed by atoms with Crippen molar-refractivity contribution in [2.75, 3.05) is 20.1 Å². The monoisotopic (exact) mass is 240 g/mol. The maximum atomic E-state index is 12.0. The Bertz CT molecular complexity index is 251. The molecule has 3 nitrogen and oxygen atoms in total. The highest BCUT2D eigenvalue weighted by molar-refractivity contribution is 5.81. The molecule has 1 N–H and O–H groups in total. The van der Waals surface area contributed by atoms with Crippen LogP contribution in [0.2, 0.25) is 0 Å². The number of rotatable bonds is 4. The summed E-state index contributed by atoms with van der Waals surface area (Å²) in [4.78, 5) is 14.3. The fourth-order valence-corrected chi connectivity index (χ4v) is 2.72. The third-order valence-corrected chi connectivity index (χ3v) is 3.45. The minimum atomic E-state index is 0.0622. The lowest BCUT2D eigenvalue weighted by Crippen LogP contribution is -2.43. The third-order valence-electron chi connectivity index (χ3n) is 3.45. The molecular weight excluding hydrogens is 212 g/mol. The highest BCUT2D eigenvalue weighted by Gasteiger charge is 2.29. The second-order valence-corrected chi connectivity index (χ2v) is 6.33. The molecule has 1 aliphatic rings. The van der Waals surface area contributed by atoms with Gasteiger partial charge in [-0.2, -0.15) is 0 Å². The molecule has 1 amide bonds. The first-order chi connectivity index (χ1) is 7.90. The zero-order chi connectivity index (χ0) is 13.0. The van der Waals surface area contributed by atoms with Crippen molar-refractivity contribution in [3.8, 4) is 0 Å². The number of nitrogens with one attached hydrogen (secondary N) is 1. The highest BCUT2D eigenvalue weighted by atomic mass is 16.2. The predicted octanol–water partition coefficient (Wildman–Crippen LogP) is 2.12. The Morgan fingerprint density at radius 3 is 2.35 bits per heavy atom. The van der Waals surface area contributed by atoms with Crippen LogP contribution < -0.4 is 5.32 Å². The van der Waals surface area contributed by atoms with Crippen LogP contribution >= 0.6 is 0 Å². The zero-order valence-corrected chi connectivity index (χ0v) is 12.0. The molecule has 1 aliphatic heterocycles. The first-order valence-electron chi connectivity index (χ1n) is 6.88. The number of carbonyl (C=O) groups excluding carboxylic acids is 1. The number of likely N-dealkylation sites (N-methyl/N-ethyl adjacent to an activating group) is 1. The number of carbonyl (C=O) groups is 1. The topological polar surface area (TPSA) is 32.3 Å². The van der Waals surface area contributed by atoms with Gasteiger partial charge in [0.25, 0.3) is 0 Å². The Morgan fingerprint density at radius 1 is 1.24 bits per heavy atom. The summed E-state index contributed by atoms with van der Waals surface area (Å²) < 4.78 is 0. The van der Waals surface area contributed by atoms with Gasteiger partial charge in [0.15, 0.2) is 0 Å². The Hall–Kier alpha value is -0.570. The maximum Gasteiger partial charge on any atom is 0.237 e. The second kappa shape index (κ2) is 6.39. The lowest BCUT2D eigenvalue weighted by atomic mass is 9.96. The van der Waals surface area contributed by atoms with Crippen LogP contribution in [-0.2, 0) is 4.79 Å². The van der Waals surface area contributed by atoms with E-state index in [2.05, 4.69) is 45.0 Å². The van der Waals surface area contributed by atoms with E-state index in [4.69, 9.17) is 0 Å². The largest absolute Gasteiger partial charge is 0.354 e. The number of nitrogens with zero attached hydrogens (tertiary/aromatic N) is 1. The molecule has 0 aromatic rings. The molecule has 0 spiro atoms. The maximum absolute atomic E-state index is 12.0. The summed E-state index contributed by atoms with van der Waals surface area (Å²) >= 11 is 0. The molecule has 0 saturated carbocycles. The van der Waals surface area contributed by atoms with Crippen molar-refractivity contribution < 1.29 is 4.79 Å². The number of hydrogen-bond donors (Lipinski definition) is 1. The van der Waals surface area contributed by atoms with Crippen LogP contribution in [0.5, 0.6) is 0 Å². The standard InChI is InChI=1S/C14H28N2O/c1-10(2)6-12-8-15-14(17)13(7-11(3)4)16(5)9-12/h10-13H,6-9H2,1-5H3,(H,15,17). The first kappa shape index (κ1) is 14.5. The molecule has 100 valence electrons. The minimum absolute atomic E-state index is 0.0622. The van der Waals surface area contributed by atoms with Gasteiger partial charge in [-0.3, -0.25) is 9.69 Å². The van der Waals surface area contributed by atoms with Crippen LogP contribution in [-0.4, -0.2) is 37.0 Å². The molecule has 17 heavy (non-hydrogen) atoms. The average molecular weight is 240 g/mol. The van der Waals surface area contributed by atoms with E-state index in [0.717, 1.165) is 19.5 Å². The van der Waals surface area contributed by atoms with E-state index < -0.39 is 0 Å². The van der Waals surface area contributed by atoms with Crippen molar-refractivity contribution in [3.63, 3.8) is 0 Å². The highest BCUT2D eigenvalue weighted by Crippen LogP contribution is 2.19. The molecule has 1 rings (SSSR count). The summed E-state index contributed by atoms with van der Waals surface area (Å²) in [6.07, 6.45) is 2.15. The lowest BCUT2D eigenvalue weighted by molar-refractivity contribution is -0.125. The SMILES string of the molecule is CC(C)CC1CNC(=O)C(CC(C)C)N(C)C1. The van der Waals surface area contributed by atoms with Crippen molar-refractivity contribution in [1.29, 1.82) is 0 Å². The molecule has 2 atom stereocenters. The first-order valence-corrected chi connectivity index (χ1v) is 6.88. The molecule has 1 heterocycles. The quantitative estimate of drug-likeness (QED) is 0.816. The van der Waals surface area contributed by atoms with Gasteiger partial charge in [-0.15, -0.1) is 0 Å². The van der Waals surface area contributed by atoms with Crippen LogP contribution in [0, 0.1) is 17.8 Å². The molecule has 0 aliphatic carbocycles. The van der Waals surface area contributed by atoms with E-state index >= 15 is 0 Å². The van der Waals surface area contributed by atoms with Gasteiger partial charge in [0.2, 0.25) is 5.91 Å². The Labute approximate surface area is 106 Å². The van der Waals surface area contributed by atoms with Gasteiger partial charge in [-0.1, -0.05) is 27.7 Å². The summed E-state index contributed by atoms with van der Waals surface area (Å²) in [5.74, 6) is 2.08. The van der Waals surface area contributed by atoms with Crippen LogP contribution in [0.1, 0.15) is 40.5 Å². The van der Waals surface area contributed by atoms with Crippen molar-refractivity contribution >= 4 is 5.91 Å². The van der Waals surface area contributed by atoms with Gasteiger partial charge in [0.1, 0.15) is 0 Å². The van der Waals surface area contributed by atoms with Crippen molar-refractivity contribution in [1.82, 2.24) is 10.2 Å². The third kappa shape index (κ3) is 4.66. The van der Waals surface area contributed by atoms with Gasteiger partial charge in [-0.05, 0) is 37.6 Å². The Morgan fingerprint density at radius 2 is 1.82 bits per heavy atom. The predicted molar refractivity (Wildman–Crippen MR) is 71.8 cm³/mol. The second-order valence-electron chi connectivity index (χ2n) is 6.33. The average Bonchev–Trinajstić information content (AvgIpc) is 2.30. The molecule has 0 aromatic heterocycles. The fraction of sp³-hybridized carbons (Fsp3) is 0.929. The molecular formula is C14H28N2O. The summed E-state index contributed by atoms with van der Waals surface area (Å²) in [5.41, 5.74) is 0. The van der Waals surface area contributed by atoms with Gasteiger partial charge < -0.3 is 5.32 Å². The molecule has 2 unspecified atom stereocenters. The van der Waals surface area contributed by atoms with Crippen LogP contribution in [0.3, 0.4) is 0 Å². The van der Waals surface area contributed by atoms with E-state index in [1.54, 1.807) is 0 Å². The van der Waals surface area contributed by atoms with Crippen LogP contribution in [0.25, 0.3) is 0 Å². The molecule has 1 saturated heterocycles. The molecule has 0 radical (unpaired) electrons. The molecule has 1 fully saturated rings. The summed E-state index contributed by atoms with van der Waals surface area (Å²) in [6, 6.07) is 0.0622. The number of amides is 1. The van der Waals surface area contributed by atoms with Gasteiger partial charge >= 0.3 is 0 Å². The van der Waals surface area contributed by atoms with E-state index in [9.17, 15) is 4.79 Å². The Balaban J connectivity index is 2.62. The van der Waals surface area contributed by atoms with E-state index in [-0.39, 0.29) is 11.9 Å². The van der Waals surface area contributed by atoms with Crippen LogP contribution in [0.15, 0.2) is 0 Å². The normalized spacial score (nSPS) is 27.4. The molecule has 3 heteroatoms. The van der Waals surface area contributed by atoms with Crippen molar-refractivity contribution in [3.05, 3.63) is 0 Å². The summed E-state index contributed by atoms with van der Waals surface area (Å²) in [6.45, 7) is 10.7. The fourth-order valence-electron chi connectivity index (χ4n) is 2.72. The zero-order valence-electron chi connectivity index (χ0n) is 12.0. The van der Waals surface area contributed by atoms with Gasteiger partial charge in [-0.25, -0.2) is 0 Å².